The fraction of sp³-hybridized carbons (Fsp3) is 0.435. The van der Waals surface area contributed by atoms with Crippen LogP contribution in [0, 0.1) is 23.0 Å². The maximum absolute atomic E-state index is 13.2. The fourth-order valence-electron chi connectivity index (χ4n) is 3.67. The quantitative estimate of drug-likeness (QED) is 0.380. The Hall–Kier alpha value is -2.89. The first-order valence-corrected chi connectivity index (χ1v) is 12.8. The molecule has 35 heavy (non-hydrogen) atoms. The molecule has 0 aromatic heterocycles. The van der Waals surface area contributed by atoms with Gasteiger partial charge in [0.2, 0.25) is 10.0 Å². The number of halogens is 1. The molecule has 1 heterocycles. The van der Waals surface area contributed by atoms with E-state index in [0.717, 1.165) is 6.07 Å². The van der Waals surface area contributed by atoms with Gasteiger partial charge in [0.15, 0.2) is 11.5 Å². The lowest BCUT2D eigenvalue weighted by molar-refractivity contribution is -0.385. The van der Waals surface area contributed by atoms with Crippen LogP contribution in [-0.2, 0) is 10.0 Å². The lowest BCUT2D eigenvalue weighted by Gasteiger charge is -2.34. The SMILES string of the molecule is COc1cc(C(=O)N2CCN(S(=O)(=O)c3cc([N+](=O)[O-])ccc3C)CC2)cc(Cl)c1OCC(C)C. The van der Waals surface area contributed by atoms with E-state index >= 15 is 0 Å². The number of methoxy groups -OCH3 is 1. The Morgan fingerprint density at radius 1 is 1.17 bits per heavy atom. The second kappa shape index (κ2) is 10.8. The average molecular weight is 526 g/mol. The van der Waals surface area contributed by atoms with E-state index in [0.29, 0.717) is 29.2 Å². The minimum Gasteiger partial charge on any atom is -0.493 e. The van der Waals surface area contributed by atoms with E-state index in [9.17, 15) is 23.3 Å². The van der Waals surface area contributed by atoms with E-state index in [2.05, 4.69) is 0 Å². The Bertz CT molecular complexity index is 1230. The Balaban J connectivity index is 1.75. The molecular formula is C23H28ClN3O7S. The second-order valence-electron chi connectivity index (χ2n) is 8.60. The van der Waals surface area contributed by atoms with Crippen molar-refractivity contribution in [1.29, 1.82) is 0 Å². The van der Waals surface area contributed by atoms with Crippen LogP contribution >= 0.6 is 11.6 Å². The third-order valence-electron chi connectivity index (χ3n) is 5.56. The van der Waals surface area contributed by atoms with E-state index < -0.39 is 14.9 Å². The summed E-state index contributed by atoms with van der Waals surface area (Å²) in [6.45, 7) is 6.42. The van der Waals surface area contributed by atoms with Crippen molar-refractivity contribution < 1.29 is 27.6 Å². The van der Waals surface area contributed by atoms with E-state index in [-0.39, 0.29) is 53.6 Å². The van der Waals surface area contributed by atoms with Crippen LogP contribution in [0.1, 0.15) is 29.8 Å². The Kier molecular flexibility index (Phi) is 8.24. The first-order valence-electron chi connectivity index (χ1n) is 11.0. The van der Waals surface area contributed by atoms with E-state index in [1.54, 1.807) is 13.0 Å². The first-order chi connectivity index (χ1) is 16.4. The molecule has 2 aromatic rings. The number of rotatable bonds is 8. The van der Waals surface area contributed by atoms with Crippen molar-refractivity contribution in [3.8, 4) is 11.5 Å². The lowest BCUT2D eigenvalue weighted by Crippen LogP contribution is -2.50. The number of piperazine rings is 1. The van der Waals surface area contributed by atoms with Gasteiger partial charge in [0.25, 0.3) is 11.6 Å². The standard InChI is InChI=1S/C23H28ClN3O7S/c1-15(2)14-34-22-19(24)11-17(12-20(22)33-4)23(28)25-7-9-26(10-8-25)35(31,32)21-13-18(27(29)30)6-5-16(21)3/h5-6,11-13,15H,7-10,14H2,1-4H3. The molecule has 1 amide bonds. The third-order valence-corrected chi connectivity index (χ3v) is 7.88. The lowest BCUT2D eigenvalue weighted by atomic mass is 10.1. The molecule has 1 aliphatic rings. The molecule has 0 N–H and O–H groups in total. The molecule has 1 saturated heterocycles. The summed E-state index contributed by atoms with van der Waals surface area (Å²) >= 11 is 6.37. The van der Waals surface area contributed by atoms with Crippen molar-refractivity contribution in [2.24, 2.45) is 5.92 Å². The summed E-state index contributed by atoms with van der Waals surface area (Å²) in [6.07, 6.45) is 0. The number of nitrogens with zero attached hydrogens (tertiary/aromatic N) is 3. The zero-order chi connectivity index (χ0) is 25.9. The molecule has 190 valence electrons. The smallest absolute Gasteiger partial charge is 0.270 e. The van der Waals surface area contributed by atoms with Gasteiger partial charge in [0, 0.05) is 43.9 Å². The van der Waals surface area contributed by atoms with E-state index in [1.165, 1.54) is 34.5 Å². The van der Waals surface area contributed by atoms with Crippen molar-refractivity contribution in [1.82, 2.24) is 9.21 Å². The average Bonchev–Trinajstić information content (AvgIpc) is 2.82. The molecule has 2 aromatic carbocycles. The van der Waals surface area contributed by atoms with Gasteiger partial charge in [-0.05, 0) is 30.5 Å². The summed E-state index contributed by atoms with van der Waals surface area (Å²) in [5.41, 5.74) is 0.417. The number of hydrogen-bond donors (Lipinski definition) is 0. The van der Waals surface area contributed by atoms with Crippen LogP contribution in [0.3, 0.4) is 0 Å². The summed E-state index contributed by atoms with van der Waals surface area (Å²) < 4.78 is 38.6. The first kappa shape index (κ1) is 26.7. The van der Waals surface area contributed by atoms with Gasteiger partial charge < -0.3 is 14.4 Å². The third kappa shape index (κ3) is 5.85. The number of nitro benzene ring substituents is 1. The van der Waals surface area contributed by atoms with Crippen LogP contribution in [0.2, 0.25) is 5.02 Å². The minimum absolute atomic E-state index is 0.0522. The molecular weight excluding hydrogens is 498 g/mol. The van der Waals surface area contributed by atoms with Crippen molar-refractivity contribution >= 4 is 33.2 Å². The molecule has 12 heteroatoms. The van der Waals surface area contributed by atoms with Crippen LogP contribution in [-0.4, -0.2) is 68.3 Å². The maximum Gasteiger partial charge on any atom is 0.270 e. The fourth-order valence-corrected chi connectivity index (χ4v) is 5.60. The number of benzene rings is 2. The number of sulfonamides is 1. The summed E-state index contributed by atoms with van der Waals surface area (Å²) in [5.74, 6) is 0.658. The topological polar surface area (TPSA) is 119 Å². The molecule has 3 rings (SSSR count). The maximum atomic E-state index is 13.2. The Morgan fingerprint density at radius 2 is 1.83 bits per heavy atom. The van der Waals surface area contributed by atoms with Gasteiger partial charge in [0.05, 0.1) is 28.6 Å². The molecule has 0 saturated carbocycles. The summed E-state index contributed by atoms with van der Waals surface area (Å²) in [7, 11) is -2.51. The van der Waals surface area contributed by atoms with Crippen LogP contribution < -0.4 is 9.47 Å². The number of ether oxygens (including phenoxy) is 2. The summed E-state index contributed by atoms with van der Waals surface area (Å²) in [6, 6.07) is 6.82. The number of non-ortho nitro benzene ring substituents is 1. The number of carbonyl (C=O) groups excluding carboxylic acids is 1. The zero-order valence-corrected chi connectivity index (χ0v) is 21.6. The number of hydrogen-bond acceptors (Lipinski definition) is 7. The second-order valence-corrected chi connectivity index (χ2v) is 10.9. The Morgan fingerprint density at radius 3 is 2.40 bits per heavy atom. The highest BCUT2D eigenvalue weighted by Crippen LogP contribution is 2.37. The Labute approximate surface area is 209 Å². The molecule has 0 spiro atoms. The predicted octanol–water partition coefficient (Wildman–Crippen LogP) is 3.75. The highest BCUT2D eigenvalue weighted by Gasteiger charge is 2.32. The molecule has 0 bridgehead atoms. The molecule has 10 nitrogen and oxygen atoms in total. The van der Waals surface area contributed by atoms with Gasteiger partial charge in [-0.1, -0.05) is 31.5 Å². The largest absolute Gasteiger partial charge is 0.493 e. The number of carbonyl (C=O) groups is 1. The minimum atomic E-state index is -3.97. The zero-order valence-electron chi connectivity index (χ0n) is 20.0. The van der Waals surface area contributed by atoms with Crippen molar-refractivity contribution in [3.63, 3.8) is 0 Å². The predicted molar refractivity (Wildman–Crippen MR) is 131 cm³/mol. The van der Waals surface area contributed by atoms with Gasteiger partial charge in [0.1, 0.15) is 0 Å². The van der Waals surface area contributed by atoms with Gasteiger partial charge in [-0.25, -0.2) is 8.42 Å². The number of nitro groups is 1. The molecule has 0 unspecified atom stereocenters. The van der Waals surface area contributed by atoms with Crippen LogP contribution in [0.25, 0.3) is 0 Å². The molecule has 0 atom stereocenters. The normalized spacial score (nSPS) is 14.7. The number of amides is 1. The highest BCUT2D eigenvalue weighted by molar-refractivity contribution is 7.89. The van der Waals surface area contributed by atoms with Crippen LogP contribution in [0.4, 0.5) is 5.69 Å². The summed E-state index contributed by atoms with van der Waals surface area (Å²) in [5, 5.41) is 11.4. The molecule has 0 aliphatic carbocycles. The molecule has 1 aliphatic heterocycles. The van der Waals surface area contributed by atoms with Gasteiger partial charge in [-0.15, -0.1) is 0 Å². The molecule has 1 fully saturated rings. The molecule has 0 radical (unpaired) electrons. The van der Waals surface area contributed by atoms with E-state index in [4.69, 9.17) is 21.1 Å². The summed E-state index contributed by atoms with van der Waals surface area (Å²) in [4.78, 5) is 25.0. The monoisotopic (exact) mass is 525 g/mol. The van der Waals surface area contributed by atoms with Gasteiger partial charge in [-0.2, -0.15) is 4.31 Å². The van der Waals surface area contributed by atoms with E-state index in [1.807, 2.05) is 13.8 Å². The van der Waals surface area contributed by atoms with Gasteiger partial charge in [-0.3, -0.25) is 14.9 Å². The van der Waals surface area contributed by atoms with Crippen molar-refractivity contribution in [2.45, 2.75) is 25.7 Å². The van der Waals surface area contributed by atoms with Gasteiger partial charge >= 0.3 is 0 Å². The number of aryl methyl sites for hydroxylation is 1. The highest BCUT2D eigenvalue weighted by atomic mass is 35.5. The van der Waals surface area contributed by atoms with Crippen molar-refractivity contribution in [3.05, 3.63) is 56.6 Å². The van der Waals surface area contributed by atoms with Crippen LogP contribution in [0.15, 0.2) is 35.2 Å². The van der Waals surface area contributed by atoms with Crippen LogP contribution in [0.5, 0.6) is 11.5 Å². The van der Waals surface area contributed by atoms with Crippen molar-refractivity contribution in [2.75, 3.05) is 39.9 Å².